The van der Waals surface area contributed by atoms with Crippen molar-refractivity contribution in [1.29, 1.82) is 0 Å². The molecule has 3 aliphatic rings. The Hall–Kier alpha value is -1.35. The summed E-state index contributed by atoms with van der Waals surface area (Å²) in [7, 11) is 0. The summed E-state index contributed by atoms with van der Waals surface area (Å²) in [5, 5.41) is 2.12. The molecule has 1 atom stereocenters. The van der Waals surface area contributed by atoms with Crippen molar-refractivity contribution in [3.05, 3.63) is 36.1 Å². The van der Waals surface area contributed by atoms with Crippen LogP contribution in [0.4, 0.5) is 0 Å². The van der Waals surface area contributed by atoms with Crippen molar-refractivity contribution in [3.63, 3.8) is 0 Å². The van der Waals surface area contributed by atoms with E-state index in [1.807, 2.05) is 0 Å². The van der Waals surface area contributed by atoms with Crippen molar-refractivity contribution < 1.29 is 0 Å². The predicted molar refractivity (Wildman–Crippen MR) is 56.7 cm³/mol. The van der Waals surface area contributed by atoms with Gasteiger partial charge in [-0.15, -0.1) is 0 Å². The van der Waals surface area contributed by atoms with Crippen LogP contribution in [0.3, 0.4) is 0 Å². The van der Waals surface area contributed by atoms with Crippen LogP contribution in [0.5, 0.6) is 0 Å². The molecule has 0 aromatic heterocycles. The highest BCUT2D eigenvalue weighted by Crippen LogP contribution is 2.22. The van der Waals surface area contributed by atoms with Crippen molar-refractivity contribution in [3.8, 4) is 0 Å². The fourth-order valence-corrected chi connectivity index (χ4v) is 2.03. The molecule has 14 heavy (non-hydrogen) atoms. The van der Waals surface area contributed by atoms with Crippen LogP contribution in [-0.4, -0.2) is 23.4 Å². The summed E-state index contributed by atoms with van der Waals surface area (Å²) in [5.74, 6) is 0. The van der Waals surface area contributed by atoms with E-state index in [1.54, 1.807) is 0 Å². The SMILES string of the molecule is C1=CCC2=NC3CCNN3C=C2C=C1. The molecule has 1 saturated heterocycles. The maximum absolute atomic E-state index is 4.74. The quantitative estimate of drug-likeness (QED) is 0.620. The molecule has 0 aromatic carbocycles. The molecule has 0 aromatic rings. The molecule has 1 N–H and O–H groups in total. The van der Waals surface area contributed by atoms with Crippen LogP contribution < -0.4 is 5.43 Å². The first kappa shape index (κ1) is 8.00. The molecule has 1 fully saturated rings. The fourth-order valence-electron chi connectivity index (χ4n) is 2.03. The van der Waals surface area contributed by atoms with E-state index >= 15 is 0 Å². The number of aliphatic imine (C=N–C) groups is 1. The van der Waals surface area contributed by atoms with E-state index in [9.17, 15) is 0 Å². The van der Waals surface area contributed by atoms with Gasteiger partial charge < -0.3 is 0 Å². The summed E-state index contributed by atoms with van der Waals surface area (Å²) in [5.41, 5.74) is 5.77. The Morgan fingerprint density at radius 3 is 3.43 bits per heavy atom. The van der Waals surface area contributed by atoms with Gasteiger partial charge in [0, 0.05) is 36.9 Å². The molecule has 3 nitrogen and oxygen atoms in total. The molecule has 3 heteroatoms. The van der Waals surface area contributed by atoms with Gasteiger partial charge in [-0.25, -0.2) is 5.43 Å². The first-order valence-electron chi connectivity index (χ1n) is 5.07. The van der Waals surface area contributed by atoms with E-state index in [0.29, 0.717) is 6.17 Å². The van der Waals surface area contributed by atoms with Gasteiger partial charge in [0.05, 0.1) is 0 Å². The van der Waals surface area contributed by atoms with Gasteiger partial charge in [0.2, 0.25) is 0 Å². The summed E-state index contributed by atoms with van der Waals surface area (Å²) in [6.07, 6.45) is 13.0. The van der Waals surface area contributed by atoms with Crippen LogP contribution >= 0.6 is 0 Å². The van der Waals surface area contributed by atoms with Crippen LogP contribution in [0.25, 0.3) is 0 Å². The van der Waals surface area contributed by atoms with Crippen LogP contribution in [0.1, 0.15) is 12.8 Å². The summed E-state index contributed by atoms with van der Waals surface area (Å²) in [4.78, 5) is 4.74. The Kier molecular flexibility index (Phi) is 1.77. The van der Waals surface area contributed by atoms with Crippen molar-refractivity contribution in [2.24, 2.45) is 4.99 Å². The topological polar surface area (TPSA) is 27.6 Å². The Morgan fingerprint density at radius 2 is 2.43 bits per heavy atom. The van der Waals surface area contributed by atoms with Crippen LogP contribution in [0, 0.1) is 0 Å². The summed E-state index contributed by atoms with van der Waals surface area (Å²) >= 11 is 0. The Bertz CT molecular complexity index is 363. The Labute approximate surface area is 83.5 Å². The molecule has 0 bridgehead atoms. The lowest BCUT2D eigenvalue weighted by Crippen LogP contribution is -2.35. The number of nitrogens with zero attached hydrogens (tertiary/aromatic N) is 2. The molecular formula is C11H13N3. The highest BCUT2D eigenvalue weighted by atomic mass is 15.6. The van der Waals surface area contributed by atoms with E-state index < -0.39 is 0 Å². The molecule has 2 heterocycles. The zero-order chi connectivity index (χ0) is 9.38. The van der Waals surface area contributed by atoms with Crippen molar-refractivity contribution in [1.82, 2.24) is 10.4 Å². The highest BCUT2D eigenvalue weighted by Gasteiger charge is 2.26. The highest BCUT2D eigenvalue weighted by molar-refractivity contribution is 6.04. The summed E-state index contributed by atoms with van der Waals surface area (Å²) in [6.45, 7) is 1.03. The number of hydrazine groups is 1. The third-order valence-corrected chi connectivity index (χ3v) is 2.77. The molecule has 0 radical (unpaired) electrons. The van der Waals surface area contributed by atoms with Crippen molar-refractivity contribution in [2.45, 2.75) is 19.0 Å². The van der Waals surface area contributed by atoms with Crippen LogP contribution in [0.2, 0.25) is 0 Å². The molecule has 0 spiro atoms. The second-order valence-electron chi connectivity index (χ2n) is 3.74. The van der Waals surface area contributed by atoms with Crippen molar-refractivity contribution in [2.75, 3.05) is 6.54 Å². The van der Waals surface area contributed by atoms with Gasteiger partial charge >= 0.3 is 0 Å². The van der Waals surface area contributed by atoms with E-state index in [0.717, 1.165) is 19.4 Å². The number of nitrogens with one attached hydrogen (secondary N) is 1. The average molecular weight is 187 g/mol. The van der Waals surface area contributed by atoms with Gasteiger partial charge in [-0.3, -0.25) is 10.0 Å². The van der Waals surface area contributed by atoms with Gasteiger partial charge in [-0.05, 0) is 0 Å². The smallest absolute Gasteiger partial charge is 0.136 e. The molecule has 1 aliphatic carbocycles. The monoisotopic (exact) mass is 187 g/mol. The second kappa shape index (κ2) is 3.10. The minimum atomic E-state index is 0.327. The molecule has 0 saturated carbocycles. The number of hydrogen-bond donors (Lipinski definition) is 1. The molecule has 72 valence electrons. The van der Waals surface area contributed by atoms with Gasteiger partial charge in [-0.2, -0.15) is 0 Å². The van der Waals surface area contributed by atoms with E-state index in [4.69, 9.17) is 4.99 Å². The van der Waals surface area contributed by atoms with E-state index in [-0.39, 0.29) is 0 Å². The number of hydrogen-bond acceptors (Lipinski definition) is 3. The minimum Gasteiger partial charge on any atom is -0.291 e. The molecular weight excluding hydrogens is 174 g/mol. The average Bonchev–Trinajstić information content (AvgIpc) is 2.51. The van der Waals surface area contributed by atoms with Gasteiger partial charge in [0.1, 0.15) is 6.17 Å². The van der Waals surface area contributed by atoms with Crippen LogP contribution in [0.15, 0.2) is 41.1 Å². The number of rotatable bonds is 0. The normalized spacial score (nSPS) is 29.1. The van der Waals surface area contributed by atoms with Gasteiger partial charge in [0.15, 0.2) is 0 Å². The first-order valence-corrected chi connectivity index (χ1v) is 5.07. The van der Waals surface area contributed by atoms with E-state index in [1.165, 1.54) is 11.3 Å². The molecule has 3 rings (SSSR count). The Morgan fingerprint density at radius 1 is 1.43 bits per heavy atom. The van der Waals surface area contributed by atoms with Crippen LogP contribution in [-0.2, 0) is 0 Å². The maximum atomic E-state index is 4.74. The summed E-state index contributed by atoms with van der Waals surface area (Å²) < 4.78 is 0. The van der Waals surface area contributed by atoms with Gasteiger partial charge in [0.25, 0.3) is 0 Å². The maximum Gasteiger partial charge on any atom is 0.136 e. The number of fused-ring (bicyclic) bond motifs is 2. The lowest BCUT2D eigenvalue weighted by atomic mass is 10.1. The predicted octanol–water partition coefficient (Wildman–Crippen LogP) is 1.38. The van der Waals surface area contributed by atoms with Gasteiger partial charge in [-0.1, -0.05) is 24.3 Å². The minimum absolute atomic E-state index is 0.327. The third-order valence-electron chi connectivity index (χ3n) is 2.77. The zero-order valence-corrected chi connectivity index (χ0v) is 7.98. The van der Waals surface area contributed by atoms with Crippen molar-refractivity contribution >= 4 is 5.71 Å². The molecule has 1 unspecified atom stereocenters. The van der Waals surface area contributed by atoms with E-state index in [2.05, 4.69) is 40.9 Å². The Balaban J connectivity index is 1.98. The molecule has 2 aliphatic heterocycles. The lowest BCUT2D eigenvalue weighted by molar-refractivity contribution is 0.276. The standard InChI is InChI=1S/C11H13N3/c1-2-4-9-8-14-11(6-7-12-14)13-10(9)5-3-1/h1-4,8,11-12H,5-7H2. The first-order chi connectivity index (χ1) is 6.93. The largest absolute Gasteiger partial charge is 0.291 e. The zero-order valence-electron chi connectivity index (χ0n) is 7.98. The number of allylic oxidation sites excluding steroid dienone is 5. The summed E-state index contributed by atoms with van der Waals surface area (Å²) in [6, 6.07) is 0. The molecule has 0 amide bonds. The lowest BCUT2D eigenvalue weighted by Gasteiger charge is -2.25. The third kappa shape index (κ3) is 1.21. The fraction of sp³-hybridized carbons (Fsp3) is 0.364. The second-order valence-corrected chi connectivity index (χ2v) is 3.74.